The van der Waals surface area contributed by atoms with E-state index in [0.29, 0.717) is 30.6 Å². The molecule has 0 bridgehead atoms. The zero-order valence-corrected chi connectivity index (χ0v) is 15.9. The minimum atomic E-state index is -4.52. The number of likely N-dealkylation sites (tertiary alicyclic amines) is 1. The number of halogens is 3. The van der Waals surface area contributed by atoms with E-state index in [1.54, 1.807) is 18.2 Å². The molecule has 30 heavy (non-hydrogen) atoms. The molecule has 0 saturated carbocycles. The first-order valence-corrected chi connectivity index (χ1v) is 9.29. The first-order chi connectivity index (χ1) is 14.3. The summed E-state index contributed by atoms with van der Waals surface area (Å²) >= 11 is 0. The van der Waals surface area contributed by atoms with Gasteiger partial charge in [-0.05, 0) is 42.3 Å². The van der Waals surface area contributed by atoms with Crippen molar-refractivity contribution in [3.63, 3.8) is 0 Å². The van der Waals surface area contributed by atoms with E-state index < -0.39 is 23.8 Å². The van der Waals surface area contributed by atoms with Crippen molar-refractivity contribution < 1.29 is 22.8 Å². The topological polar surface area (TPSA) is 85.2 Å². The quantitative estimate of drug-likeness (QED) is 0.771. The second-order valence-corrected chi connectivity index (χ2v) is 6.91. The molecule has 1 unspecified atom stereocenters. The van der Waals surface area contributed by atoms with Gasteiger partial charge < -0.3 is 15.5 Å². The van der Waals surface area contributed by atoms with E-state index >= 15 is 0 Å². The third-order valence-electron chi connectivity index (χ3n) is 4.75. The first kappa shape index (κ1) is 21.2. The highest BCUT2D eigenvalue weighted by molar-refractivity contribution is 5.89. The number of amides is 3. The number of benzene rings is 2. The molecular formula is C21H19F3N4O2. The zero-order valence-electron chi connectivity index (χ0n) is 15.9. The van der Waals surface area contributed by atoms with Crippen molar-refractivity contribution in [2.24, 2.45) is 0 Å². The lowest BCUT2D eigenvalue weighted by Gasteiger charge is -2.26. The highest BCUT2D eigenvalue weighted by atomic mass is 19.4. The summed E-state index contributed by atoms with van der Waals surface area (Å²) in [5.41, 5.74) is 0.128. The average molecular weight is 416 g/mol. The van der Waals surface area contributed by atoms with Gasteiger partial charge in [-0.3, -0.25) is 4.79 Å². The van der Waals surface area contributed by atoms with Gasteiger partial charge in [-0.2, -0.15) is 18.4 Å². The molecule has 2 aromatic carbocycles. The summed E-state index contributed by atoms with van der Waals surface area (Å²) in [6, 6.07) is 11.4. The Morgan fingerprint density at radius 2 is 1.97 bits per heavy atom. The predicted octanol–water partition coefficient (Wildman–Crippen LogP) is 4.06. The van der Waals surface area contributed by atoms with Gasteiger partial charge in [0.2, 0.25) is 5.91 Å². The fourth-order valence-corrected chi connectivity index (χ4v) is 3.28. The number of alkyl halides is 3. The van der Waals surface area contributed by atoms with Crippen LogP contribution in [0.15, 0.2) is 48.5 Å². The van der Waals surface area contributed by atoms with Crippen LogP contribution >= 0.6 is 0 Å². The Labute approximate surface area is 171 Å². The number of hydrogen-bond donors (Lipinski definition) is 2. The van der Waals surface area contributed by atoms with E-state index in [0.717, 1.165) is 12.1 Å². The zero-order chi connectivity index (χ0) is 21.7. The SMILES string of the molecule is N#Cc1cccc(NC(=O)NC(CN2CCCC2=O)c2cccc(C(F)(F)F)c2)c1. The van der Waals surface area contributed by atoms with Crippen molar-refractivity contribution in [2.75, 3.05) is 18.4 Å². The molecule has 2 N–H and O–H groups in total. The van der Waals surface area contributed by atoms with Crippen molar-refractivity contribution in [2.45, 2.75) is 25.1 Å². The maximum atomic E-state index is 13.1. The van der Waals surface area contributed by atoms with Crippen molar-refractivity contribution >= 4 is 17.6 Å². The molecule has 3 rings (SSSR count). The number of hydrogen-bond acceptors (Lipinski definition) is 3. The van der Waals surface area contributed by atoms with Crippen molar-refractivity contribution in [3.05, 3.63) is 65.2 Å². The van der Waals surface area contributed by atoms with Gasteiger partial charge in [0, 0.05) is 25.2 Å². The molecule has 1 aliphatic rings. The first-order valence-electron chi connectivity index (χ1n) is 9.29. The Morgan fingerprint density at radius 1 is 1.20 bits per heavy atom. The van der Waals surface area contributed by atoms with E-state index in [1.165, 1.54) is 23.1 Å². The van der Waals surface area contributed by atoms with E-state index in [2.05, 4.69) is 10.6 Å². The highest BCUT2D eigenvalue weighted by Gasteiger charge is 2.32. The number of nitrogens with zero attached hydrogens (tertiary/aromatic N) is 2. The van der Waals surface area contributed by atoms with Gasteiger partial charge in [0.1, 0.15) is 0 Å². The normalized spacial score (nSPS) is 14.9. The van der Waals surface area contributed by atoms with Crippen LogP contribution in [0.3, 0.4) is 0 Å². The Bertz CT molecular complexity index is 985. The molecule has 156 valence electrons. The molecule has 1 aliphatic heterocycles. The largest absolute Gasteiger partial charge is 0.416 e. The monoisotopic (exact) mass is 416 g/mol. The summed E-state index contributed by atoms with van der Waals surface area (Å²) in [5.74, 6) is -0.101. The fourth-order valence-electron chi connectivity index (χ4n) is 3.28. The Balaban J connectivity index is 1.81. The molecule has 3 amide bonds. The fraction of sp³-hybridized carbons (Fsp3) is 0.286. The number of carbonyl (C=O) groups excluding carboxylic acids is 2. The van der Waals surface area contributed by atoms with Gasteiger partial charge >= 0.3 is 12.2 Å². The molecule has 6 nitrogen and oxygen atoms in total. The summed E-state index contributed by atoms with van der Waals surface area (Å²) < 4.78 is 39.4. The van der Waals surface area contributed by atoms with Crippen molar-refractivity contribution in [1.82, 2.24) is 10.2 Å². The summed E-state index contributed by atoms with van der Waals surface area (Å²) in [5, 5.41) is 14.2. The van der Waals surface area contributed by atoms with Crippen LogP contribution in [0, 0.1) is 11.3 Å². The molecule has 0 radical (unpaired) electrons. The standard InChI is InChI=1S/C21H19F3N4O2/c22-21(23,24)16-6-2-5-15(11-16)18(13-28-9-3-8-19(28)29)27-20(30)26-17-7-1-4-14(10-17)12-25/h1-2,4-7,10-11,18H,3,8-9,13H2,(H2,26,27,30). The molecule has 1 heterocycles. The number of anilines is 1. The van der Waals surface area contributed by atoms with Crippen molar-refractivity contribution in [3.8, 4) is 6.07 Å². The molecule has 9 heteroatoms. The lowest BCUT2D eigenvalue weighted by atomic mass is 10.0. The van der Waals surface area contributed by atoms with Gasteiger partial charge in [0.25, 0.3) is 0 Å². The van der Waals surface area contributed by atoms with Gasteiger partial charge in [0.15, 0.2) is 0 Å². The third-order valence-corrected chi connectivity index (χ3v) is 4.75. The molecule has 0 aliphatic carbocycles. The van der Waals surface area contributed by atoms with Gasteiger partial charge in [-0.25, -0.2) is 4.79 Å². The van der Waals surface area contributed by atoms with E-state index in [4.69, 9.17) is 5.26 Å². The van der Waals surface area contributed by atoms with E-state index in [9.17, 15) is 22.8 Å². The van der Waals surface area contributed by atoms with Crippen LogP contribution in [-0.4, -0.2) is 29.9 Å². The van der Waals surface area contributed by atoms with Crippen LogP contribution in [0.4, 0.5) is 23.7 Å². The lowest BCUT2D eigenvalue weighted by Crippen LogP contribution is -2.40. The summed E-state index contributed by atoms with van der Waals surface area (Å²) in [4.78, 5) is 26.0. The molecule has 1 fully saturated rings. The van der Waals surface area contributed by atoms with E-state index in [-0.39, 0.29) is 18.0 Å². The number of urea groups is 1. The van der Waals surface area contributed by atoms with Gasteiger partial charge in [-0.15, -0.1) is 0 Å². The maximum Gasteiger partial charge on any atom is 0.416 e. The van der Waals surface area contributed by atoms with Crippen LogP contribution in [0.2, 0.25) is 0 Å². The highest BCUT2D eigenvalue weighted by Crippen LogP contribution is 2.31. The smallest absolute Gasteiger partial charge is 0.340 e. The van der Waals surface area contributed by atoms with Crippen LogP contribution < -0.4 is 10.6 Å². The number of nitrogens with one attached hydrogen (secondary N) is 2. The number of rotatable bonds is 5. The number of carbonyl (C=O) groups is 2. The summed E-state index contributed by atoms with van der Waals surface area (Å²) in [7, 11) is 0. The van der Waals surface area contributed by atoms with Gasteiger partial charge in [0.05, 0.1) is 23.2 Å². The molecule has 0 spiro atoms. The predicted molar refractivity (Wildman–Crippen MR) is 103 cm³/mol. The van der Waals surface area contributed by atoms with Crippen molar-refractivity contribution in [1.29, 1.82) is 5.26 Å². The van der Waals surface area contributed by atoms with Crippen LogP contribution in [-0.2, 0) is 11.0 Å². The molecule has 1 atom stereocenters. The number of nitriles is 1. The molecule has 0 aromatic heterocycles. The summed E-state index contributed by atoms with van der Waals surface area (Å²) in [6.45, 7) is 0.549. The lowest BCUT2D eigenvalue weighted by molar-refractivity contribution is -0.137. The second-order valence-electron chi connectivity index (χ2n) is 6.91. The summed E-state index contributed by atoms with van der Waals surface area (Å²) in [6.07, 6.45) is -3.48. The molecular weight excluding hydrogens is 397 g/mol. The van der Waals surface area contributed by atoms with Crippen LogP contribution in [0.5, 0.6) is 0 Å². The van der Waals surface area contributed by atoms with Gasteiger partial charge in [-0.1, -0.05) is 18.2 Å². The third kappa shape index (κ3) is 5.29. The molecule has 2 aromatic rings. The second kappa shape index (κ2) is 8.86. The van der Waals surface area contributed by atoms with Crippen LogP contribution in [0.25, 0.3) is 0 Å². The Morgan fingerprint density at radius 3 is 2.63 bits per heavy atom. The molecule has 1 saturated heterocycles. The Hall–Kier alpha value is -3.54. The Kier molecular flexibility index (Phi) is 6.26. The van der Waals surface area contributed by atoms with Crippen LogP contribution in [0.1, 0.15) is 35.6 Å². The minimum Gasteiger partial charge on any atom is -0.340 e. The minimum absolute atomic E-state index is 0.0613. The maximum absolute atomic E-state index is 13.1. The van der Waals surface area contributed by atoms with E-state index in [1.807, 2.05) is 6.07 Å². The average Bonchev–Trinajstić information content (AvgIpc) is 3.11.